The lowest BCUT2D eigenvalue weighted by atomic mass is 9.80. The maximum absolute atomic E-state index is 9.38. The zero-order valence-corrected chi connectivity index (χ0v) is 14.9. The molecule has 0 spiro atoms. The van der Waals surface area contributed by atoms with Crippen molar-refractivity contribution in [2.75, 3.05) is 5.73 Å². The molecule has 0 amide bonds. The standard InChI is InChI=1S/C24H17NO3/c25-15-1-5-17(6-2-15)27-19-9-11-21-23(13-19)22-12-10-20(14-24(21)22)28-18-7-3-16(26)4-8-18/h1-14,26H,25H2. The van der Waals surface area contributed by atoms with Crippen molar-refractivity contribution in [3.05, 3.63) is 84.9 Å². The van der Waals surface area contributed by atoms with Crippen LogP contribution in [0.3, 0.4) is 0 Å². The minimum atomic E-state index is 0.218. The van der Waals surface area contributed by atoms with Crippen molar-refractivity contribution in [1.82, 2.24) is 0 Å². The van der Waals surface area contributed by atoms with Crippen LogP contribution < -0.4 is 15.2 Å². The molecule has 0 atom stereocenters. The van der Waals surface area contributed by atoms with Crippen molar-refractivity contribution in [2.45, 2.75) is 0 Å². The predicted octanol–water partition coefficient (Wildman–Crippen LogP) is 6.21. The lowest BCUT2D eigenvalue weighted by molar-refractivity contribution is 0.464. The van der Waals surface area contributed by atoms with E-state index in [1.165, 1.54) is 16.7 Å². The third-order valence-electron chi connectivity index (χ3n) is 4.75. The van der Waals surface area contributed by atoms with Gasteiger partial charge in [0.15, 0.2) is 0 Å². The van der Waals surface area contributed by atoms with E-state index < -0.39 is 0 Å². The highest BCUT2D eigenvalue weighted by atomic mass is 16.5. The lowest BCUT2D eigenvalue weighted by Crippen LogP contribution is -1.99. The van der Waals surface area contributed by atoms with Crippen LogP contribution in [0.4, 0.5) is 5.69 Å². The van der Waals surface area contributed by atoms with E-state index in [9.17, 15) is 5.11 Å². The second kappa shape index (κ2) is 6.35. The van der Waals surface area contributed by atoms with E-state index in [4.69, 9.17) is 15.2 Å². The Bertz CT molecular complexity index is 1060. The summed E-state index contributed by atoms with van der Waals surface area (Å²) in [6, 6.07) is 26.2. The number of benzene rings is 4. The number of hydrogen-bond acceptors (Lipinski definition) is 4. The van der Waals surface area contributed by atoms with Gasteiger partial charge in [0.05, 0.1) is 0 Å². The Morgan fingerprint density at radius 1 is 0.500 bits per heavy atom. The van der Waals surface area contributed by atoms with Crippen molar-refractivity contribution in [3.8, 4) is 51.0 Å². The van der Waals surface area contributed by atoms with Crippen LogP contribution in [0, 0.1) is 0 Å². The summed E-state index contributed by atoms with van der Waals surface area (Å²) < 4.78 is 11.8. The van der Waals surface area contributed by atoms with Crippen molar-refractivity contribution in [3.63, 3.8) is 0 Å². The van der Waals surface area contributed by atoms with Gasteiger partial charge >= 0.3 is 0 Å². The highest BCUT2D eigenvalue weighted by Crippen LogP contribution is 2.50. The van der Waals surface area contributed by atoms with E-state index >= 15 is 0 Å². The minimum Gasteiger partial charge on any atom is -0.508 e. The number of phenolic OH excluding ortho intramolecular Hbond substituents is 1. The Kier molecular flexibility index (Phi) is 3.69. The lowest BCUT2D eigenvalue weighted by Gasteiger charge is -2.25. The fourth-order valence-corrected chi connectivity index (χ4v) is 3.35. The molecular weight excluding hydrogens is 350 g/mol. The summed E-state index contributed by atoms with van der Waals surface area (Å²) in [5.74, 6) is 3.21. The number of nitrogen functional groups attached to an aromatic ring is 1. The molecule has 0 fully saturated rings. The third-order valence-corrected chi connectivity index (χ3v) is 4.75. The zero-order chi connectivity index (χ0) is 19.1. The Morgan fingerprint density at radius 2 is 0.929 bits per heavy atom. The first-order chi connectivity index (χ1) is 13.7. The Hall–Kier alpha value is -3.92. The summed E-state index contributed by atoms with van der Waals surface area (Å²) in [6.07, 6.45) is 0. The highest BCUT2D eigenvalue weighted by Gasteiger charge is 2.23. The van der Waals surface area contributed by atoms with Gasteiger partial charge in [-0.3, -0.25) is 0 Å². The normalized spacial score (nSPS) is 11.1. The van der Waals surface area contributed by atoms with Crippen LogP contribution in [0.1, 0.15) is 0 Å². The van der Waals surface area contributed by atoms with Crippen LogP contribution in [-0.4, -0.2) is 5.11 Å². The number of nitrogens with two attached hydrogens (primary N) is 1. The summed E-state index contributed by atoms with van der Waals surface area (Å²) in [5.41, 5.74) is 11.1. The van der Waals surface area contributed by atoms with Crippen LogP contribution in [0.5, 0.6) is 28.7 Å². The molecule has 0 bridgehead atoms. The van der Waals surface area contributed by atoms with Gasteiger partial charge in [-0.15, -0.1) is 0 Å². The van der Waals surface area contributed by atoms with Crippen LogP contribution in [0.15, 0.2) is 84.9 Å². The number of aromatic hydroxyl groups is 1. The summed E-state index contributed by atoms with van der Waals surface area (Å²) in [5, 5.41) is 9.38. The van der Waals surface area contributed by atoms with Gasteiger partial charge in [0.2, 0.25) is 0 Å². The van der Waals surface area contributed by atoms with Crippen molar-refractivity contribution < 1.29 is 14.6 Å². The Morgan fingerprint density at radius 3 is 1.43 bits per heavy atom. The molecule has 136 valence electrons. The highest BCUT2D eigenvalue weighted by molar-refractivity contribution is 6.03. The molecule has 5 rings (SSSR count). The smallest absolute Gasteiger partial charge is 0.128 e. The van der Waals surface area contributed by atoms with Gasteiger partial charge in [0.1, 0.15) is 28.7 Å². The van der Waals surface area contributed by atoms with Crippen molar-refractivity contribution in [2.24, 2.45) is 0 Å². The topological polar surface area (TPSA) is 64.7 Å². The van der Waals surface area contributed by atoms with E-state index in [2.05, 4.69) is 18.2 Å². The second-order valence-electron chi connectivity index (χ2n) is 6.68. The SMILES string of the molecule is Nc1ccc(Oc2ccc3c(c2)-c2ccc(Oc4ccc(O)cc4)cc2-3)cc1. The quantitative estimate of drug-likeness (QED) is 0.371. The van der Waals surface area contributed by atoms with E-state index in [0.29, 0.717) is 11.4 Å². The van der Waals surface area contributed by atoms with Gasteiger partial charge in [-0.05, 0) is 95.1 Å². The molecule has 0 aliphatic heterocycles. The van der Waals surface area contributed by atoms with E-state index in [0.717, 1.165) is 22.8 Å². The summed E-state index contributed by atoms with van der Waals surface area (Å²) >= 11 is 0. The van der Waals surface area contributed by atoms with Gasteiger partial charge in [0.25, 0.3) is 0 Å². The van der Waals surface area contributed by atoms with E-state index in [1.54, 1.807) is 24.3 Å². The predicted molar refractivity (Wildman–Crippen MR) is 110 cm³/mol. The Balaban J connectivity index is 1.37. The molecule has 0 radical (unpaired) electrons. The summed E-state index contributed by atoms with van der Waals surface area (Å²) in [7, 11) is 0. The first-order valence-electron chi connectivity index (χ1n) is 8.95. The molecule has 0 unspecified atom stereocenters. The van der Waals surface area contributed by atoms with Crippen molar-refractivity contribution in [1.29, 1.82) is 0 Å². The molecule has 4 aromatic rings. The number of rotatable bonds is 4. The van der Waals surface area contributed by atoms with Gasteiger partial charge in [-0.1, -0.05) is 12.1 Å². The van der Waals surface area contributed by atoms with E-state index in [1.807, 2.05) is 42.5 Å². The molecular formula is C24H17NO3. The second-order valence-corrected chi connectivity index (χ2v) is 6.68. The molecule has 0 heterocycles. The number of phenols is 1. The van der Waals surface area contributed by atoms with Crippen LogP contribution in [0.25, 0.3) is 22.3 Å². The monoisotopic (exact) mass is 367 g/mol. The van der Waals surface area contributed by atoms with Crippen LogP contribution >= 0.6 is 0 Å². The van der Waals surface area contributed by atoms with Crippen molar-refractivity contribution >= 4 is 5.69 Å². The first kappa shape index (κ1) is 16.3. The molecule has 4 nitrogen and oxygen atoms in total. The molecule has 4 heteroatoms. The molecule has 0 aromatic heterocycles. The van der Waals surface area contributed by atoms with Crippen LogP contribution in [0.2, 0.25) is 0 Å². The fraction of sp³-hybridized carbons (Fsp3) is 0. The maximum Gasteiger partial charge on any atom is 0.128 e. The Labute approximate surface area is 162 Å². The van der Waals surface area contributed by atoms with Gasteiger partial charge < -0.3 is 20.3 Å². The van der Waals surface area contributed by atoms with Gasteiger partial charge in [-0.25, -0.2) is 0 Å². The third kappa shape index (κ3) is 2.91. The molecule has 0 saturated heterocycles. The number of ether oxygens (including phenoxy) is 2. The fourth-order valence-electron chi connectivity index (χ4n) is 3.35. The maximum atomic E-state index is 9.38. The molecule has 4 aromatic carbocycles. The molecule has 0 saturated carbocycles. The summed E-state index contributed by atoms with van der Waals surface area (Å²) in [4.78, 5) is 0. The average molecular weight is 367 g/mol. The van der Waals surface area contributed by atoms with Crippen LogP contribution in [-0.2, 0) is 0 Å². The number of hydrogen-bond donors (Lipinski definition) is 2. The van der Waals surface area contributed by atoms with Gasteiger partial charge in [-0.2, -0.15) is 0 Å². The number of fused-ring (bicyclic) bond motifs is 4. The molecule has 28 heavy (non-hydrogen) atoms. The average Bonchev–Trinajstić information content (AvgIpc) is 2.70. The number of anilines is 1. The molecule has 1 aliphatic carbocycles. The first-order valence-corrected chi connectivity index (χ1v) is 8.95. The minimum absolute atomic E-state index is 0.218. The van der Waals surface area contributed by atoms with E-state index in [-0.39, 0.29) is 5.75 Å². The summed E-state index contributed by atoms with van der Waals surface area (Å²) in [6.45, 7) is 0. The molecule has 1 aliphatic rings. The molecule has 3 N–H and O–H groups in total. The van der Waals surface area contributed by atoms with Gasteiger partial charge in [0, 0.05) is 5.69 Å². The largest absolute Gasteiger partial charge is 0.508 e. The zero-order valence-electron chi connectivity index (χ0n) is 14.9.